The highest BCUT2D eigenvalue weighted by molar-refractivity contribution is 5.64. The van der Waals surface area contributed by atoms with Crippen LogP contribution in [0.5, 0.6) is 0 Å². The van der Waals surface area contributed by atoms with Crippen molar-refractivity contribution in [1.82, 2.24) is 5.32 Å². The Kier molecular flexibility index (Phi) is 2.16. The summed E-state index contributed by atoms with van der Waals surface area (Å²) >= 11 is 0. The number of nitrogen functional groups attached to an aromatic ring is 1. The Hall–Kier alpha value is -1.44. The molecule has 0 atom stereocenters. The van der Waals surface area contributed by atoms with E-state index in [0.29, 0.717) is 0 Å². The van der Waals surface area contributed by atoms with Crippen molar-refractivity contribution in [2.45, 2.75) is 0 Å². The zero-order chi connectivity index (χ0) is 8.27. The van der Waals surface area contributed by atoms with Crippen molar-refractivity contribution in [1.29, 1.82) is 0 Å². The first kappa shape index (κ1) is 7.66. The maximum Gasteiger partial charge on any atom is 0.0338 e. The lowest BCUT2D eigenvalue weighted by molar-refractivity contribution is 1.13. The molecule has 1 aromatic carbocycles. The fourth-order valence-electron chi connectivity index (χ4n) is 0.871. The number of hydrogen-bond donors (Lipinski definition) is 2. The molecule has 58 valence electrons. The second-order valence-corrected chi connectivity index (χ2v) is 2.35. The lowest BCUT2D eigenvalue weighted by atomic mass is 10.1. The van der Waals surface area contributed by atoms with Gasteiger partial charge in [-0.3, -0.25) is 0 Å². The van der Waals surface area contributed by atoms with Crippen LogP contribution in [0.1, 0.15) is 5.56 Å². The average Bonchev–Trinajstić information content (AvgIpc) is 2.03. The minimum absolute atomic E-state index is 0.763. The van der Waals surface area contributed by atoms with Crippen molar-refractivity contribution in [2.75, 3.05) is 12.8 Å². The van der Waals surface area contributed by atoms with Crippen molar-refractivity contribution in [2.24, 2.45) is 0 Å². The molecule has 0 saturated carbocycles. The van der Waals surface area contributed by atoms with E-state index in [1.54, 1.807) is 0 Å². The summed E-state index contributed by atoms with van der Waals surface area (Å²) in [6, 6.07) is 7.62. The summed E-state index contributed by atoms with van der Waals surface area (Å²) in [5.74, 6) is 0. The normalized spacial score (nSPS) is 9.18. The van der Waals surface area contributed by atoms with Crippen molar-refractivity contribution in [3.63, 3.8) is 0 Å². The summed E-state index contributed by atoms with van der Waals surface area (Å²) < 4.78 is 0. The first-order valence-corrected chi connectivity index (χ1v) is 3.46. The van der Waals surface area contributed by atoms with Crippen LogP contribution in [0.3, 0.4) is 0 Å². The van der Waals surface area contributed by atoms with Gasteiger partial charge in [0.2, 0.25) is 0 Å². The van der Waals surface area contributed by atoms with Gasteiger partial charge in [0, 0.05) is 18.4 Å². The topological polar surface area (TPSA) is 38.0 Å². The van der Waals surface area contributed by atoms with E-state index in [9.17, 15) is 0 Å². The molecule has 0 aromatic heterocycles. The minimum atomic E-state index is 0.763. The van der Waals surface area contributed by atoms with Gasteiger partial charge in [-0.25, -0.2) is 0 Å². The highest BCUT2D eigenvalue weighted by Gasteiger charge is 1.94. The Labute approximate surface area is 66.7 Å². The summed E-state index contributed by atoms with van der Waals surface area (Å²) in [5, 5.41) is 2.96. The van der Waals surface area contributed by atoms with Gasteiger partial charge in [-0.2, -0.15) is 0 Å². The SMILES string of the molecule is C=C(NC)c1cccc(N)c1. The van der Waals surface area contributed by atoms with Gasteiger partial charge >= 0.3 is 0 Å². The highest BCUT2D eigenvalue weighted by atomic mass is 14.8. The van der Waals surface area contributed by atoms with Gasteiger partial charge in [-0.1, -0.05) is 18.7 Å². The minimum Gasteiger partial charge on any atom is -0.399 e. The maximum absolute atomic E-state index is 5.58. The molecule has 3 N–H and O–H groups in total. The molecular formula is C9H12N2. The molecule has 0 aliphatic heterocycles. The molecule has 0 spiro atoms. The average molecular weight is 148 g/mol. The number of rotatable bonds is 2. The Balaban J connectivity index is 2.96. The summed E-state index contributed by atoms with van der Waals surface area (Å²) in [6.45, 7) is 3.82. The van der Waals surface area contributed by atoms with Gasteiger partial charge in [0.1, 0.15) is 0 Å². The van der Waals surface area contributed by atoms with E-state index < -0.39 is 0 Å². The van der Waals surface area contributed by atoms with E-state index >= 15 is 0 Å². The number of nitrogens with one attached hydrogen (secondary N) is 1. The molecule has 11 heavy (non-hydrogen) atoms. The second kappa shape index (κ2) is 3.10. The zero-order valence-corrected chi connectivity index (χ0v) is 6.59. The lowest BCUT2D eigenvalue weighted by Gasteiger charge is -2.04. The van der Waals surface area contributed by atoms with Crippen LogP contribution in [0.25, 0.3) is 5.70 Å². The van der Waals surface area contributed by atoms with Gasteiger partial charge in [-0.05, 0) is 17.7 Å². The molecule has 0 aliphatic rings. The van der Waals surface area contributed by atoms with Crippen LogP contribution in [-0.2, 0) is 0 Å². The van der Waals surface area contributed by atoms with E-state index in [-0.39, 0.29) is 0 Å². The third-order valence-electron chi connectivity index (χ3n) is 1.54. The second-order valence-electron chi connectivity index (χ2n) is 2.35. The number of anilines is 1. The third-order valence-corrected chi connectivity index (χ3v) is 1.54. The fraction of sp³-hybridized carbons (Fsp3) is 0.111. The molecule has 1 aromatic rings. The van der Waals surface area contributed by atoms with Gasteiger partial charge in [0.05, 0.1) is 0 Å². The van der Waals surface area contributed by atoms with Crippen LogP contribution in [0.2, 0.25) is 0 Å². The third kappa shape index (κ3) is 1.74. The predicted molar refractivity (Wildman–Crippen MR) is 48.9 cm³/mol. The zero-order valence-electron chi connectivity index (χ0n) is 6.59. The molecule has 2 nitrogen and oxygen atoms in total. The quantitative estimate of drug-likeness (QED) is 0.623. The van der Waals surface area contributed by atoms with Gasteiger partial charge in [0.15, 0.2) is 0 Å². The number of hydrogen-bond acceptors (Lipinski definition) is 2. The van der Waals surface area contributed by atoms with Gasteiger partial charge < -0.3 is 11.1 Å². The molecule has 0 saturated heterocycles. The molecule has 0 fully saturated rings. The van der Waals surface area contributed by atoms with Crippen molar-refractivity contribution >= 4 is 11.4 Å². The first-order valence-electron chi connectivity index (χ1n) is 3.46. The maximum atomic E-state index is 5.58. The fourth-order valence-corrected chi connectivity index (χ4v) is 0.871. The molecular weight excluding hydrogens is 136 g/mol. The monoisotopic (exact) mass is 148 g/mol. The van der Waals surface area contributed by atoms with E-state index in [2.05, 4.69) is 11.9 Å². The Morgan fingerprint density at radius 2 is 2.27 bits per heavy atom. The van der Waals surface area contributed by atoms with Crippen LogP contribution >= 0.6 is 0 Å². The molecule has 0 bridgehead atoms. The van der Waals surface area contributed by atoms with Crippen LogP contribution in [0, 0.1) is 0 Å². The summed E-state index contributed by atoms with van der Waals surface area (Å²) in [7, 11) is 1.84. The van der Waals surface area contributed by atoms with Crippen molar-refractivity contribution in [3.05, 3.63) is 36.4 Å². The molecule has 0 heterocycles. The van der Waals surface area contributed by atoms with Crippen LogP contribution < -0.4 is 11.1 Å². The Morgan fingerprint density at radius 3 is 2.82 bits per heavy atom. The molecule has 0 amide bonds. The van der Waals surface area contributed by atoms with E-state index in [1.165, 1.54) is 0 Å². The molecule has 0 aliphatic carbocycles. The van der Waals surface area contributed by atoms with E-state index in [0.717, 1.165) is 16.9 Å². The molecule has 1 rings (SSSR count). The van der Waals surface area contributed by atoms with Crippen molar-refractivity contribution < 1.29 is 0 Å². The van der Waals surface area contributed by atoms with Gasteiger partial charge in [0.25, 0.3) is 0 Å². The largest absolute Gasteiger partial charge is 0.399 e. The molecule has 0 unspecified atom stereocenters. The van der Waals surface area contributed by atoms with Crippen molar-refractivity contribution in [3.8, 4) is 0 Å². The van der Waals surface area contributed by atoms with Gasteiger partial charge in [-0.15, -0.1) is 0 Å². The standard InChI is InChI=1S/C9H12N2/c1-7(11-2)8-4-3-5-9(10)6-8/h3-6,11H,1,10H2,2H3. The molecule has 0 radical (unpaired) electrons. The first-order chi connectivity index (χ1) is 5.24. The summed E-state index contributed by atoms with van der Waals surface area (Å²) in [5.41, 5.74) is 8.27. The predicted octanol–water partition coefficient (Wildman–Crippen LogP) is 1.46. The number of nitrogens with two attached hydrogens (primary N) is 1. The summed E-state index contributed by atoms with van der Waals surface area (Å²) in [4.78, 5) is 0. The number of benzene rings is 1. The Bertz CT molecular complexity index is 266. The van der Waals surface area contributed by atoms with Crippen LogP contribution in [0.4, 0.5) is 5.69 Å². The highest BCUT2D eigenvalue weighted by Crippen LogP contribution is 2.11. The van der Waals surface area contributed by atoms with E-state index in [4.69, 9.17) is 5.73 Å². The molecule has 2 heteroatoms. The van der Waals surface area contributed by atoms with Crippen LogP contribution in [0.15, 0.2) is 30.8 Å². The Morgan fingerprint density at radius 1 is 1.55 bits per heavy atom. The van der Waals surface area contributed by atoms with E-state index in [1.807, 2.05) is 31.3 Å². The van der Waals surface area contributed by atoms with Crippen LogP contribution in [-0.4, -0.2) is 7.05 Å². The summed E-state index contributed by atoms with van der Waals surface area (Å²) in [6.07, 6.45) is 0. The smallest absolute Gasteiger partial charge is 0.0338 e. The lowest BCUT2D eigenvalue weighted by Crippen LogP contribution is -2.02.